The van der Waals surface area contributed by atoms with Gasteiger partial charge >= 0.3 is 0 Å². The van der Waals surface area contributed by atoms with Crippen molar-refractivity contribution in [2.75, 3.05) is 44.1 Å². The minimum atomic E-state index is -0.176. The minimum absolute atomic E-state index is 0.0120. The van der Waals surface area contributed by atoms with Crippen LogP contribution in [0.4, 0.5) is 11.6 Å². The molecule has 1 aliphatic heterocycles. The van der Waals surface area contributed by atoms with Crippen LogP contribution in [0.1, 0.15) is 12.7 Å². The van der Waals surface area contributed by atoms with Gasteiger partial charge in [0.05, 0.1) is 25.4 Å². The van der Waals surface area contributed by atoms with Gasteiger partial charge < -0.3 is 24.8 Å². The zero-order valence-corrected chi connectivity index (χ0v) is 12.2. The standard InChI is InChI=1S/C13H22N4O3/c1-9-7-20-10(6-18)5-17(9)13-4-11(14-2)15-12(16-13)8-19-3/h4,9-10,18H,5-8H2,1-3H3,(H,14,15,16). The normalized spacial score (nSPS) is 22.9. The molecule has 1 aromatic heterocycles. The first-order chi connectivity index (χ1) is 9.67. The van der Waals surface area contributed by atoms with Crippen molar-refractivity contribution in [1.29, 1.82) is 0 Å². The van der Waals surface area contributed by atoms with Crippen molar-refractivity contribution in [3.8, 4) is 0 Å². The maximum Gasteiger partial charge on any atom is 0.158 e. The lowest BCUT2D eigenvalue weighted by Crippen LogP contribution is -2.50. The largest absolute Gasteiger partial charge is 0.394 e. The number of hydrogen-bond donors (Lipinski definition) is 2. The van der Waals surface area contributed by atoms with Crippen LogP contribution in [0.25, 0.3) is 0 Å². The van der Waals surface area contributed by atoms with E-state index in [0.717, 1.165) is 11.6 Å². The molecule has 0 aliphatic carbocycles. The number of rotatable bonds is 5. The summed E-state index contributed by atoms with van der Waals surface area (Å²) < 4.78 is 10.7. The van der Waals surface area contributed by atoms with Crippen LogP contribution in [0.15, 0.2) is 6.07 Å². The van der Waals surface area contributed by atoms with Gasteiger partial charge in [0.15, 0.2) is 5.82 Å². The molecule has 1 aromatic rings. The molecule has 7 heteroatoms. The molecule has 1 fully saturated rings. The third-order valence-corrected chi connectivity index (χ3v) is 3.29. The fourth-order valence-electron chi connectivity index (χ4n) is 2.20. The number of nitrogens with one attached hydrogen (secondary N) is 1. The Morgan fingerprint density at radius 2 is 2.35 bits per heavy atom. The van der Waals surface area contributed by atoms with E-state index in [0.29, 0.717) is 25.6 Å². The van der Waals surface area contributed by atoms with E-state index in [4.69, 9.17) is 9.47 Å². The van der Waals surface area contributed by atoms with Crippen molar-refractivity contribution in [3.63, 3.8) is 0 Å². The first-order valence-corrected chi connectivity index (χ1v) is 6.71. The van der Waals surface area contributed by atoms with Gasteiger partial charge in [-0.15, -0.1) is 0 Å². The Balaban J connectivity index is 2.26. The second-order valence-corrected chi connectivity index (χ2v) is 4.85. The number of aromatic nitrogens is 2. The SMILES string of the molecule is CNc1cc(N2CC(CO)OCC2C)nc(COC)n1. The van der Waals surface area contributed by atoms with Crippen molar-refractivity contribution < 1.29 is 14.6 Å². The molecule has 0 aromatic carbocycles. The Hall–Kier alpha value is -1.44. The Morgan fingerprint density at radius 3 is 3.00 bits per heavy atom. The number of hydrogen-bond acceptors (Lipinski definition) is 7. The van der Waals surface area contributed by atoms with Crippen molar-refractivity contribution in [3.05, 3.63) is 11.9 Å². The Labute approximate surface area is 118 Å². The van der Waals surface area contributed by atoms with Crippen LogP contribution in [0.2, 0.25) is 0 Å². The highest BCUT2D eigenvalue weighted by Crippen LogP contribution is 2.22. The zero-order chi connectivity index (χ0) is 14.5. The molecule has 0 amide bonds. The van der Waals surface area contributed by atoms with Crippen LogP contribution in [0.5, 0.6) is 0 Å². The van der Waals surface area contributed by atoms with Gasteiger partial charge in [0.1, 0.15) is 18.2 Å². The molecule has 1 aliphatic rings. The molecule has 20 heavy (non-hydrogen) atoms. The predicted octanol–water partition coefficient (Wildman–Crippen LogP) is 0.251. The second kappa shape index (κ2) is 6.83. The minimum Gasteiger partial charge on any atom is -0.394 e. The number of anilines is 2. The number of morpholine rings is 1. The van der Waals surface area contributed by atoms with Crippen LogP contribution in [-0.4, -0.2) is 61.1 Å². The van der Waals surface area contributed by atoms with E-state index in [2.05, 4.69) is 27.1 Å². The number of nitrogens with zero attached hydrogens (tertiary/aromatic N) is 3. The highest BCUT2D eigenvalue weighted by molar-refractivity contribution is 5.50. The molecule has 0 bridgehead atoms. The molecule has 7 nitrogen and oxygen atoms in total. The number of methoxy groups -OCH3 is 1. The highest BCUT2D eigenvalue weighted by Gasteiger charge is 2.27. The molecule has 2 N–H and O–H groups in total. The summed E-state index contributed by atoms with van der Waals surface area (Å²) in [5, 5.41) is 12.3. The molecule has 0 spiro atoms. The highest BCUT2D eigenvalue weighted by atomic mass is 16.5. The van der Waals surface area contributed by atoms with Gasteiger partial charge in [0.2, 0.25) is 0 Å². The number of ether oxygens (including phenoxy) is 2. The lowest BCUT2D eigenvalue weighted by molar-refractivity contribution is -0.0106. The Kier molecular flexibility index (Phi) is 5.11. The summed E-state index contributed by atoms with van der Waals surface area (Å²) >= 11 is 0. The number of aliphatic hydroxyl groups excluding tert-OH is 1. The first kappa shape index (κ1) is 15.0. The third-order valence-electron chi connectivity index (χ3n) is 3.29. The average Bonchev–Trinajstić information content (AvgIpc) is 2.47. The summed E-state index contributed by atoms with van der Waals surface area (Å²) in [6.45, 7) is 3.64. The summed E-state index contributed by atoms with van der Waals surface area (Å²) in [5.74, 6) is 2.21. The molecule has 112 valence electrons. The molecular formula is C13H22N4O3. The van der Waals surface area contributed by atoms with Crippen LogP contribution in [0, 0.1) is 0 Å². The zero-order valence-electron chi connectivity index (χ0n) is 12.2. The fourth-order valence-corrected chi connectivity index (χ4v) is 2.20. The summed E-state index contributed by atoms with van der Waals surface area (Å²) in [7, 11) is 3.44. The second-order valence-electron chi connectivity index (χ2n) is 4.85. The monoisotopic (exact) mass is 282 g/mol. The lowest BCUT2D eigenvalue weighted by Gasteiger charge is -2.38. The van der Waals surface area contributed by atoms with Gasteiger partial charge in [0, 0.05) is 26.8 Å². The predicted molar refractivity (Wildman–Crippen MR) is 75.9 cm³/mol. The molecule has 0 radical (unpaired) electrons. The quantitative estimate of drug-likeness (QED) is 0.801. The summed E-state index contributed by atoms with van der Waals surface area (Å²) in [5.41, 5.74) is 0. The molecule has 1 saturated heterocycles. The Morgan fingerprint density at radius 1 is 1.55 bits per heavy atom. The summed E-state index contributed by atoms with van der Waals surface area (Å²) in [6, 6.07) is 2.10. The molecular weight excluding hydrogens is 260 g/mol. The van der Waals surface area contributed by atoms with E-state index in [9.17, 15) is 5.11 Å². The van der Waals surface area contributed by atoms with Crippen molar-refractivity contribution >= 4 is 11.6 Å². The van der Waals surface area contributed by atoms with Crippen LogP contribution >= 0.6 is 0 Å². The summed E-state index contributed by atoms with van der Waals surface area (Å²) in [6.07, 6.45) is -0.176. The first-order valence-electron chi connectivity index (χ1n) is 6.71. The fraction of sp³-hybridized carbons (Fsp3) is 0.692. The van der Waals surface area contributed by atoms with Gasteiger partial charge in [-0.3, -0.25) is 0 Å². The maximum absolute atomic E-state index is 9.26. The van der Waals surface area contributed by atoms with Crippen molar-refractivity contribution in [1.82, 2.24) is 9.97 Å². The van der Waals surface area contributed by atoms with E-state index in [-0.39, 0.29) is 18.8 Å². The van der Waals surface area contributed by atoms with Crippen LogP contribution in [0.3, 0.4) is 0 Å². The van der Waals surface area contributed by atoms with E-state index in [1.807, 2.05) is 13.1 Å². The van der Waals surface area contributed by atoms with Crippen LogP contribution < -0.4 is 10.2 Å². The lowest BCUT2D eigenvalue weighted by atomic mass is 10.2. The molecule has 2 atom stereocenters. The molecule has 2 rings (SSSR count). The summed E-state index contributed by atoms with van der Waals surface area (Å²) in [4.78, 5) is 11.0. The molecule has 2 unspecified atom stereocenters. The van der Waals surface area contributed by atoms with Gasteiger partial charge in [-0.25, -0.2) is 9.97 Å². The van der Waals surface area contributed by atoms with Gasteiger partial charge in [0.25, 0.3) is 0 Å². The van der Waals surface area contributed by atoms with E-state index in [1.54, 1.807) is 7.11 Å². The van der Waals surface area contributed by atoms with Crippen LogP contribution in [-0.2, 0) is 16.1 Å². The van der Waals surface area contributed by atoms with Gasteiger partial charge in [-0.05, 0) is 6.92 Å². The van der Waals surface area contributed by atoms with Crippen molar-refractivity contribution in [2.24, 2.45) is 0 Å². The third kappa shape index (κ3) is 3.36. The van der Waals surface area contributed by atoms with E-state index >= 15 is 0 Å². The topological polar surface area (TPSA) is 79.7 Å². The number of aliphatic hydroxyl groups is 1. The molecule has 0 saturated carbocycles. The van der Waals surface area contributed by atoms with E-state index in [1.165, 1.54) is 0 Å². The van der Waals surface area contributed by atoms with Crippen molar-refractivity contribution in [2.45, 2.75) is 25.7 Å². The maximum atomic E-state index is 9.26. The smallest absolute Gasteiger partial charge is 0.158 e. The van der Waals surface area contributed by atoms with Gasteiger partial charge in [-0.1, -0.05) is 0 Å². The molecule has 2 heterocycles. The van der Waals surface area contributed by atoms with Gasteiger partial charge in [-0.2, -0.15) is 0 Å². The Bertz CT molecular complexity index is 444. The average molecular weight is 282 g/mol. The van der Waals surface area contributed by atoms with E-state index < -0.39 is 0 Å².